The molecule has 0 heterocycles. The van der Waals surface area contributed by atoms with Gasteiger partial charge in [0.25, 0.3) is 0 Å². The summed E-state index contributed by atoms with van der Waals surface area (Å²) in [5.41, 5.74) is 14.0. The number of rotatable bonds is 7. The van der Waals surface area contributed by atoms with Gasteiger partial charge in [0.2, 0.25) is 0 Å². The van der Waals surface area contributed by atoms with E-state index in [1.54, 1.807) is 0 Å². The van der Waals surface area contributed by atoms with Crippen molar-refractivity contribution < 1.29 is 4.74 Å². The number of ether oxygens (including phenoxy) is 1. The summed E-state index contributed by atoms with van der Waals surface area (Å²) in [7, 11) is 0. The molecule has 4 N–H and O–H groups in total. The van der Waals surface area contributed by atoms with Crippen LogP contribution in [0.25, 0.3) is 0 Å². The fraction of sp³-hybridized carbons (Fsp3) is 0.600. The van der Waals surface area contributed by atoms with Gasteiger partial charge in [-0.3, -0.25) is 0 Å². The van der Waals surface area contributed by atoms with Crippen LogP contribution < -0.4 is 16.2 Å². The summed E-state index contributed by atoms with van der Waals surface area (Å²) in [6.45, 7) is 3.52. The second kappa shape index (κ2) is 6.21. The van der Waals surface area contributed by atoms with Gasteiger partial charge in [-0.2, -0.15) is 0 Å². The monoisotopic (exact) mass is 248 g/mol. The highest BCUT2D eigenvalue weighted by atomic mass is 16.5. The van der Waals surface area contributed by atoms with E-state index in [0.29, 0.717) is 6.54 Å². The lowest BCUT2D eigenvalue weighted by molar-refractivity contribution is 0.296. The molecule has 1 aromatic rings. The zero-order valence-corrected chi connectivity index (χ0v) is 11.2. The van der Waals surface area contributed by atoms with Crippen molar-refractivity contribution in [3.8, 4) is 5.75 Å². The SMILES string of the molecule is CCCc1cc(C(N)CN)ccc1OCC1CC1. The summed E-state index contributed by atoms with van der Waals surface area (Å²) in [5.74, 6) is 1.81. The van der Waals surface area contributed by atoms with Gasteiger partial charge < -0.3 is 16.2 Å². The Hall–Kier alpha value is -1.06. The molecule has 0 aromatic heterocycles. The largest absolute Gasteiger partial charge is 0.493 e. The Balaban J connectivity index is 2.10. The fourth-order valence-electron chi connectivity index (χ4n) is 2.06. The van der Waals surface area contributed by atoms with Gasteiger partial charge in [0.05, 0.1) is 6.61 Å². The molecular formula is C15H24N2O. The summed E-state index contributed by atoms with van der Waals surface area (Å²) in [6, 6.07) is 6.18. The third-order valence-electron chi connectivity index (χ3n) is 3.46. The molecule has 0 bridgehead atoms. The van der Waals surface area contributed by atoms with E-state index >= 15 is 0 Å². The molecule has 0 aliphatic heterocycles. The van der Waals surface area contributed by atoms with Crippen molar-refractivity contribution in [2.24, 2.45) is 17.4 Å². The molecular weight excluding hydrogens is 224 g/mol. The lowest BCUT2D eigenvalue weighted by Crippen LogP contribution is -2.20. The van der Waals surface area contributed by atoms with Crippen molar-refractivity contribution in [1.82, 2.24) is 0 Å². The Labute approximate surface area is 110 Å². The van der Waals surface area contributed by atoms with Gasteiger partial charge in [0.15, 0.2) is 0 Å². The van der Waals surface area contributed by atoms with Crippen LogP contribution in [0.5, 0.6) is 5.75 Å². The molecule has 18 heavy (non-hydrogen) atoms. The van der Waals surface area contributed by atoms with Gasteiger partial charge in [-0.1, -0.05) is 25.5 Å². The van der Waals surface area contributed by atoms with Crippen LogP contribution in [0, 0.1) is 5.92 Å². The van der Waals surface area contributed by atoms with E-state index in [0.717, 1.165) is 36.7 Å². The van der Waals surface area contributed by atoms with Crippen molar-refractivity contribution in [2.45, 2.75) is 38.6 Å². The zero-order valence-electron chi connectivity index (χ0n) is 11.2. The Kier molecular flexibility index (Phi) is 4.61. The maximum atomic E-state index is 5.98. The van der Waals surface area contributed by atoms with E-state index in [9.17, 15) is 0 Å². The second-order valence-corrected chi connectivity index (χ2v) is 5.21. The Morgan fingerprint density at radius 2 is 2.17 bits per heavy atom. The fourth-order valence-corrected chi connectivity index (χ4v) is 2.06. The van der Waals surface area contributed by atoms with E-state index in [1.807, 2.05) is 6.07 Å². The third kappa shape index (κ3) is 3.47. The Morgan fingerprint density at radius 1 is 1.39 bits per heavy atom. The van der Waals surface area contributed by atoms with Crippen molar-refractivity contribution in [3.63, 3.8) is 0 Å². The first-order chi connectivity index (χ1) is 8.74. The van der Waals surface area contributed by atoms with Gasteiger partial charge in [-0.15, -0.1) is 0 Å². The molecule has 0 radical (unpaired) electrons. The first-order valence-electron chi connectivity index (χ1n) is 6.95. The van der Waals surface area contributed by atoms with Crippen LogP contribution in [0.2, 0.25) is 0 Å². The molecule has 0 amide bonds. The number of benzene rings is 1. The molecule has 1 saturated carbocycles. The summed E-state index contributed by atoms with van der Waals surface area (Å²) in [4.78, 5) is 0. The highest BCUT2D eigenvalue weighted by Crippen LogP contribution is 2.31. The molecule has 1 aromatic carbocycles. The normalized spacial score (nSPS) is 16.6. The summed E-state index contributed by atoms with van der Waals surface area (Å²) in [5, 5.41) is 0. The first kappa shape index (κ1) is 13.4. The summed E-state index contributed by atoms with van der Waals surface area (Å²) < 4.78 is 5.91. The highest BCUT2D eigenvalue weighted by molar-refractivity contribution is 5.38. The van der Waals surface area contributed by atoms with Crippen molar-refractivity contribution >= 4 is 0 Å². The van der Waals surface area contributed by atoms with E-state index in [2.05, 4.69) is 19.1 Å². The predicted octanol–water partition coefficient (Wildman–Crippen LogP) is 2.39. The van der Waals surface area contributed by atoms with Gasteiger partial charge in [-0.25, -0.2) is 0 Å². The van der Waals surface area contributed by atoms with Crippen LogP contribution in [-0.4, -0.2) is 13.2 Å². The number of hydrogen-bond donors (Lipinski definition) is 2. The molecule has 0 spiro atoms. The molecule has 1 unspecified atom stereocenters. The molecule has 100 valence electrons. The van der Waals surface area contributed by atoms with Crippen LogP contribution in [-0.2, 0) is 6.42 Å². The minimum atomic E-state index is -0.0712. The lowest BCUT2D eigenvalue weighted by Gasteiger charge is -2.15. The van der Waals surface area contributed by atoms with Crippen molar-refractivity contribution in [3.05, 3.63) is 29.3 Å². The average Bonchev–Trinajstić information content (AvgIpc) is 3.20. The average molecular weight is 248 g/mol. The van der Waals surface area contributed by atoms with Crippen LogP contribution in [0.15, 0.2) is 18.2 Å². The Bertz CT molecular complexity index is 388. The van der Waals surface area contributed by atoms with E-state index in [1.165, 1.54) is 18.4 Å². The topological polar surface area (TPSA) is 61.3 Å². The quantitative estimate of drug-likeness (QED) is 0.779. The van der Waals surface area contributed by atoms with Crippen LogP contribution in [0.1, 0.15) is 43.4 Å². The minimum absolute atomic E-state index is 0.0712. The molecule has 1 aliphatic rings. The molecule has 1 aliphatic carbocycles. The van der Waals surface area contributed by atoms with Crippen molar-refractivity contribution in [1.29, 1.82) is 0 Å². The molecule has 1 atom stereocenters. The van der Waals surface area contributed by atoms with Crippen LogP contribution >= 0.6 is 0 Å². The van der Waals surface area contributed by atoms with E-state index in [4.69, 9.17) is 16.2 Å². The second-order valence-electron chi connectivity index (χ2n) is 5.21. The zero-order chi connectivity index (χ0) is 13.0. The molecule has 2 rings (SSSR count). The van der Waals surface area contributed by atoms with Crippen LogP contribution in [0.4, 0.5) is 0 Å². The molecule has 1 fully saturated rings. The van der Waals surface area contributed by atoms with Crippen molar-refractivity contribution in [2.75, 3.05) is 13.2 Å². The van der Waals surface area contributed by atoms with Crippen LogP contribution in [0.3, 0.4) is 0 Å². The standard InChI is InChI=1S/C15H24N2O/c1-2-3-13-8-12(14(17)9-16)6-7-15(13)18-10-11-4-5-11/h6-8,11,14H,2-5,9-10,16-17H2,1H3. The minimum Gasteiger partial charge on any atom is -0.493 e. The van der Waals surface area contributed by atoms with Gasteiger partial charge >= 0.3 is 0 Å². The number of aryl methyl sites for hydroxylation is 1. The van der Waals surface area contributed by atoms with Gasteiger partial charge in [0.1, 0.15) is 5.75 Å². The summed E-state index contributed by atoms with van der Waals surface area (Å²) in [6.07, 6.45) is 4.78. The van der Waals surface area contributed by atoms with E-state index in [-0.39, 0.29) is 6.04 Å². The lowest BCUT2D eigenvalue weighted by atomic mass is 10.0. The van der Waals surface area contributed by atoms with Gasteiger partial charge in [-0.05, 0) is 42.4 Å². The third-order valence-corrected chi connectivity index (χ3v) is 3.46. The molecule has 0 saturated heterocycles. The Morgan fingerprint density at radius 3 is 2.78 bits per heavy atom. The van der Waals surface area contributed by atoms with E-state index < -0.39 is 0 Å². The first-order valence-corrected chi connectivity index (χ1v) is 6.95. The van der Waals surface area contributed by atoms with Gasteiger partial charge in [0, 0.05) is 12.6 Å². The predicted molar refractivity (Wildman–Crippen MR) is 74.6 cm³/mol. The maximum Gasteiger partial charge on any atom is 0.122 e. The smallest absolute Gasteiger partial charge is 0.122 e. The highest BCUT2D eigenvalue weighted by Gasteiger charge is 2.22. The number of hydrogen-bond acceptors (Lipinski definition) is 3. The number of nitrogens with two attached hydrogens (primary N) is 2. The summed E-state index contributed by atoms with van der Waals surface area (Å²) >= 11 is 0. The maximum absolute atomic E-state index is 5.98. The molecule has 3 nitrogen and oxygen atoms in total. The molecule has 3 heteroatoms.